The normalized spacial score (nSPS) is 22.2. The van der Waals surface area contributed by atoms with Gasteiger partial charge >= 0.3 is 0 Å². The van der Waals surface area contributed by atoms with Gasteiger partial charge in [-0.1, -0.05) is 0 Å². The number of carbonyl (C=O) groups is 2. The van der Waals surface area contributed by atoms with Crippen LogP contribution in [0.2, 0.25) is 0 Å². The Balaban J connectivity index is 1.33. The fourth-order valence-electron chi connectivity index (χ4n) is 3.25. The Morgan fingerprint density at radius 1 is 1.08 bits per heavy atom. The first-order valence-electron chi connectivity index (χ1n) is 9.02. The van der Waals surface area contributed by atoms with E-state index in [4.69, 9.17) is 9.47 Å². The summed E-state index contributed by atoms with van der Waals surface area (Å²) in [5, 5.41) is 2.87. The number of ether oxygens (including phenoxy) is 2. The summed E-state index contributed by atoms with van der Waals surface area (Å²) < 4.78 is 10.7. The van der Waals surface area contributed by atoms with Crippen LogP contribution in [0.3, 0.4) is 0 Å². The molecule has 0 spiro atoms. The molecule has 1 aliphatic carbocycles. The third kappa shape index (κ3) is 4.65. The van der Waals surface area contributed by atoms with Gasteiger partial charge in [0.1, 0.15) is 18.1 Å². The molecule has 25 heavy (non-hydrogen) atoms. The van der Waals surface area contributed by atoms with Gasteiger partial charge in [0.15, 0.2) is 0 Å². The van der Waals surface area contributed by atoms with Crippen LogP contribution in [-0.4, -0.2) is 50.1 Å². The molecule has 1 aromatic rings. The summed E-state index contributed by atoms with van der Waals surface area (Å²) >= 11 is 0. The van der Waals surface area contributed by atoms with Gasteiger partial charge in [0.05, 0.1) is 25.5 Å². The fourth-order valence-corrected chi connectivity index (χ4v) is 3.25. The third-order valence-electron chi connectivity index (χ3n) is 4.84. The van der Waals surface area contributed by atoms with Crippen molar-refractivity contribution in [1.29, 1.82) is 0 Å². The highest BCUT2D eigenvalue weighted by molar-refractivity contribution is 5.92. The third-order valence-corrected chi connectivity index (χ3v) is 4.84. The largest absolute Gasteiger partial charge is 0.497 e. The number of nitrogens with zero attached hydrogens (tertiary/aromatic N) is 1. The number of methoxy groups -OCH3 is 1. The first kappa shape index (κ1) is 17.6. The minimum atomic E-state index is -0.157. The number of nitrogens with one attached hydrogen (secondary N) is 1. The molecule has 136 valence electrons. The first-order chi connectivity index (χ1) is 12.2. The van der Waals surface area contributed by atoms with E-state index in [1.54, 1.807) is 7.11 Å². The summed E-state index contributed by atoms with van der Waals surface area (Å²) in [5.74, 6) is 1.37. The van der Waals surface area contributed by atoms with Gasteiger partial charge in [0, 0.05) is 13.1 Å². The Hall–Kier alpha value is -2.24. The van der Waals surface area contributed by atoms with Crippen LogP contribution in [0.5, 0.6) is 11.5 Å². The van der Waals surface area contributed by atoms with E-state index in [0.29, 0.717) is 19.6 Å². The molecule has 2 aliphatic rings. The minimum absolute atomic E-state index is 0.0336. The Morgan fingerprint density at radius 3 is 2.44 bits per heavy atom. The number of hydrogen-bond acceptors (Lipinski definition) is 4. The van der Waals surface area contributed by atoms with E-state index >= 15 is 0 Å². The maximum absolute atomic E-state index is 12.4. The van der Waals surface area contributed by atoms with Crippen LogP contribution in [0.4, 0.5) is 0 Å². The van der Waals surface area contributed by atoms with E-state index in [9.17, 15) is 9.59 Å². The zero-order valence-corrected chi connectivity index (χ0v) is 14.7. The molecule has 2 unspecified atom stereocenters. The molecule has 1 heterocycles. The smallest absolute Gasteiger partial charge is 0.226 e. The highest BCUT2D eigenvalue weighted by atomic mass is 16.5. The van der Waals surface area contributed by atoms with E-state index in [1.165, 1.54) is 6.42 Å². The summed E-state index contributed by atoms with van der Waals surface area (Å²) in [5.41, 5.74) is 0. The van der Waals surface area contributed by atoms with Crippen molar-refractivity contribution in [3.63, 3.8) is 0 Å². The zero-order valence-electron chi connectivity index (χ0n) is 14.7. The molecule has 0 radical (unpaired) electrons. The van der Waals surface area contributed by atoms with E-state index < -0.39 is 0 Å². The number of hydrogen-bond donors (Lipinski definition) is 1. The van der Waals surface area contributed by atoms with E-state index in [0.717, 1.165) is 37.4 Å². The second-order valence-corrected chi connectivity index (χ2v) is 6.65. The van der Waals surface area contributed by atoms with Crippen LogP contribution < -0.4 is 14.8 Å². The van der Waals surface area contributed by atoms with Crippen LogP contribution in [0, 0.1) is 11.8 Å². The van der Waals surface area contributed by atoms with Gasteiger partial charge in [-0.3, -0.25) is 9.59 Å². The average Bonchev–Trinajstić information content (AvgIpc) is 3.46. The molecule has 1 N–H and O–H groups in total. The van der Waals surface area contributed by atoms with Gasteiger partial charge < -0.3 is 19.7 Å². The number of carbonyl (C=O) groups excluding carboxylic acids is 2. The van der Waals surface area contributed by atoms with E-state index in [-0.39, 0.29) is 23.7 Å². The topological polar surface area (TPSA) is 67.9 Å². The van der Waals surface area contributed by atoms with Crippen molar-refractivity contribution in [1.82, 2.24) is 10.2 Å². The zero-order chi connectivity index (χ0) is 17.6. The van der Waals surface area contributed by atoms with Gasteiger partial charge in [-0.25, -0.2) is 0 Å². The highest BCUT2D eigenvalue weighted by Crippen LogP contribution is 2.40. The lowest BCUT2D eigenvalue weighted by atomic mass is 10.1. The lowest BCUT2D eigenvalue weighted by Crippen LogP contribution is -2.38. The summed E-state index contributed by atoms with van der Waals surface area (Å²) in [4.78, 5) is 26.4. The van der Waals surface area contributed by atoms with Crippen molar-refractivity contribution in [2.75, 3.05) is 33.4 Å². The number of amides is 2. The van der Waals surface area contributed by atoms with Crippen LogP contribution in [0.25, 0.3) is 0 Å². The van der Waals surface area contributed by atoms with Crippen LogP contribution in [0.1, 0.15) is 25.7 Å². The summed E-state index contributed by atoms with van der Waals surface area (Å²) in [6.07, 6.45) is 4.04. The molecule has 6 nitrogen and oxygen atoms in total. The minimum Gasteiger partial charge on any atom is -0.497 e. The second kappa shape index (κ2) is 8.23. The van der Waals surface area contributed by atoms with Crippen molar-refractivity contribution in [3.8, 4) is 11.5 Å². The second-order valence-electron chi connectivity index (χ2n) is 6.65. The summed E-state index contributed by atoms with van der Waals surface area (Å²) in [6, 6.07) is 7.31. The highest BCUT2D eigenvalue weighted by Gasteiger charge is 2.49. The SMILES string of the molecule is COc1ccc(OCCNC(=O)C2CC2C(=O)N2CCCCC2)cc1. The maximum atomic E-state index is 12.4. The monoisotopic (exact) mass is 346 g/mol. The molecule has 2 amide bonds. The van der Waals surface area contributed by atoms with Crippen LogP contribution >= 0.6 is 0 Å². The quantitative estimate of drug-likeness (QED) is 0.765. The van der Waals surface area contributed by atoms with Crippen molar-refractivity contribution in [3.05, 3.63) is 24.3 Å². The molecule has 1 aliphatic heterocycles. The van der Waals surface area contributed by atoms with Crippen molar-refractivity contribution in [2.24, 2.45) is 11.8 Å². The van der Waals surface area contributed by atoms with Crippen molar-refractivity contribution in [2.45, 2.75) is 25.7 Å². The van der Waals surface area contributed by atoms with Crippen LogP contribution in [-0.2, 0) is 9.59 Å². The van der Waals surface area contributed by atoms with Crippen molar-refractivity contribution < 1.29 is 19.1 Å². The molecular weight excluding hydrogens is 320 g/mol. The van der Waals surface area contributed by atoms with Gasteiger partial charge in [0.25, 0.3) is 0 Å². The fraction of sp³-hybridized carbons (Fsp3) is 0.579. The standard InChI is InChI=1S/C19H26N2O4/c1-24-14-5-7-15(8-6-14)25-12-9-20-18(22)16-13-17(16)19(23)21-10-3-2-4-11-21/h5-8,16-17H,2-4,9-13H2,1H3,(H,20,22). The summed E-state index contributed by atoms with van der Waals surface area (Å²) in [7, 11) is 1.62. The lowest BCUT2D eigenvalue weighted by Gasteiger charge is -2.26. The van der Waals surface area contributed by atoms with Gasteiger partial charge in [0.2, 0.25) is 11.8 Å². The molecule has 1 saturated heterocycles. The Labute approximate surface area is 148 Å². The lowest BCUT2D eigenvalue weighted by molar-refractivity contribution is -0.135. The van der Waals surface area contributed by atoms with Crippen LogP contribution in [0.15, 0.2) is 24.3 Å². The molecule has 0 bridgehead atoms. The first-order valence-corrected chi connectivity index (χ1v) is 9.02. The average molecular weight is 346 g/mol. The Kier molecular flexibility index (Phi) is 5.79. The van der Waals surface area contributed by atoms with E-state index in [2.05, 4.69) is 5.32 Å². The van der Waals surface area contributed by atoms with Gasteiger partial charge in [-0.2, -0.15) is 0 Å². The maximum Gasteiger partial charge on any atom is 0.226 e. The Morgan fingerprint density at radius 2 is 1.76 bits per heavy atom. The van der Waals surface area contributed by atoms with Crippen molar-refractivity contribution >= 4 is 11.8 Å². The Bertz CT molecular complexity index is 596. The molecular formula is C19H26N2O4. The van der Waals surface area contributed by atoms with Gasteiger partial charge in [-0.15, -0.1) is 0 Å². The predicted molar refractivity (Wildman–Crippen MR) is 93.5 cm³/mol. The number of rotatable bonds is 7. The predicted octanol–water partition coefficient (Wildman–Crippen LogP) is 1.84. The molecule has 1 aromatic carbocycles. The molecule has 3 rings (SSSR count). The summed E-state index contributed by atoms with van der Waals surface area (Å²) in [6.45, 7) is 2.53. The number of piperidine rings is 1. The molecule has 0 aromatic heterocycles. The van der Waals surface area contributed by atoms with E-state index in [1.807, 2.05) is 29.2 Å². The number of benzene rings is 1. The molecule has 2 fully saturated rings. The molecule has 1 saturated carbocycles. The molecule has 6 heteroatoms. The number of likely N-dealkylation sites (tertiary alicyclic amines) is 1. The molecule has 2 atom stereocenters. The van der Waals surface area contributed by atoms with Gasteiger partial charge in [-0.05, 0) is 49.9 Å².